The monoisotopic (exact) mass is 463 g/mol. The maximum atomic E-state index is 13.2. The molecule has 3 aromatic rings. The molecule has 2 aliphatic rings. The fourth-order valence-corrected chi connectivity index (χ4v) is 5.36. The molecule has 3 aromatic carbocycles. The van der Waals surface area contributed by atoms with E-state index < -0.39 is 17.5 Å². The second kappa shape index (κ2) is 8.17. The van der Waals surface area contributed by atoms with E-state index in [1.54, 1.807) is 31.3 Å². The fourth-order valence-electron chi connectivity index (χ4n) is 5.17. The average Bonchev–Trinajstić information content (AvgIpc) is 3.29. The highest BCUT2D eigenvalue weighted by molar-refractivity contribution is 6.31. The Balaban J connectivity index is 1.43. The molecule has 0 radical (unpaired) electrons. The van der Waals surface area contributed by atoms with Crippen molar-refractivity contribution in [1.82, 2.24) is 4.90 Å². The van der Waals surface area contributed by atoms with Gasteiger partial charge in [-0.2, -0.15) is 0 Å². The molecular formula is C25H22ClN3O4. The number of anilines is 1. The number of nitrogens with zero attached hydrogens (tertiary/aromatic N) is 2. The standard InChI is InChI=1S/C25H22ClN3O4/c1-28-14-19(16-10-12-18(13-11-16)33-15-17-6-2-4-8-21(17)26)23(29(31)32)25(28)20-7-3-5-9-22(20)27-24(25)30/h2-13,19,23H,14-15H2,1H3,(H,27,30)/t19-,23-,25-/m1/s1. The average molecular weight is 464 g/mol. The van der Waals surface area contributed by atoms with Crippen molar-refractivity contribution in [1.29, 1.82) is 0 Å². The second-order valence-corrected chi connectivity index (χ2v) is 8.84. The summed E-state index contributed by atoms with van der Waals surface area (Å²) in [6.07, 6.45) is 0. The predicted molar refractivity (Wildman–Crippen MR) is 125 cm³/mol. The van der Waals surface area contributed by atoms with Crippen molar-refractivity contribution < 1.29 is 14.5 Å². The first kappa shape index (κ1) is 21.4. The van der Waals surface area contributed by atoms with Gasteiger partial charge in [-0.05, 0) is 36.9 Å². The van der Waals surface area contributed by atoms with Crippen molar-refractivity contribution >= 4 is 23.2 Å². The minimum absolute atomic E-state index is 0.308. The topological polar surface area (TPSA) is 84.7 Å². The van der Waals surface area contributed by atoms with Crippen LogP contribution in [0.3, 0.4) is 0 Å². The number of fused-ring (bicyclic) bond motifs is 2. The molecule has 0 unspecified atom stereocenters. The molecule has 7 nitrogen and oxygen atoms in total. The molecule has 2 aliphatic heterocycles. The molecule has 168 valence electrons. The number of nitrogens with one attached hydrogen (secondary N) is 1. The number of rotatable bonds is 5. The number of likely N-dealkylation sites (N-methyl/N-ethyl adjacent to an activating group) is 1. The maximum absolute atomic E-state index is 13.2. The number of carbonyl (C=O) groups is 1. The molecule has 33 heavy (non-hydrogen) atoms. The summed E-state index contributed by atoms with van der Waals surface area (Å²) < 4.78 is 5.85. The Labute approximate surface area is 196 Å². The highest BCUT2D eigenvalue weighted by atomic mass is 35.5. The normalized spacial score (nSPS) is 24.0. The molecule has 0 bridgehead atoms. The van der Waals surface area contributed by atoms with E-state index in [2.05, 4.69) is 5.32 Å². The quantitative estimate of drug-likeness (QED) is 0.446. The molecule has 8 heteroatoms. The zero-order chi connectivity index (χ0) is 23.2. The Kier molecular flexibility index (Phi) is 5.31. The fraction of sp³-hybridized carbons (Fsp3) is 0.240. The van der Waals surface area contributed by atoms with Crippen LogP contribution in [0.15, 0.2) is 72.8 Å². The van der Waals surface area contributed by atoms with Gasteiger partial charge in [0.05, 0.1) is 5.92 Å². The number of hydrogen-bond acceptors (Lipinski definition) is 5. The number of halogens is 1. The van der Waals surface area contributed by atoms with E-state index in [1.807, 2.05) is 53.4 Å². The zero-order valence-electron chi connectivity index (χ0n) is 17.9. The van der Waals surface area contributed by atoms with E-state index in [9.17, 15) is 14.9 Å². The molecule has 5 rings (SSSR count). The van der Waals surface area contributed by atoms with E-state index in [4.69, 9.17) is 16.3 Å². The zero-order valence-corrected chi connectivity index (χ0v) is 18.7. The third kappa shape index (κ3) is 3.35. The number of para-hydroxylation sites is 1. The van der Waals surface area contributed by atoms with Crippen molar-refractivity contribution in [2.75, 3.05) is 18.9 Å². The van der Waals surface area contributed by atoms with Crippen LogP contribution >= 0.6 is 11.6 Å². The first-order chi connectivity index (χ1) is 15.9. The molecule has 3 atom stereocenters. The van der Waals surface area contributed by atoms with Gasteiger partial charge in [0.25, 0.3) is 11.9 Å². The Morgan fingerprint density at radius 1 is 1.12 bits per heavy atom. The summed E-state index contributed by atoms with van der Waals surface area (Å²) in [6, 6.07) is 20.8. The van der Waals surface area contributed by atoms with Gasteiger partial charge in [0.15, 0.2) is 5.54 Å². The lowest BCUT2D eigenvalue weighted by atomic mass is 9.79. The Morgan fingerprint density at radius 2 is 1.82 bits per heavy atom. The van der Waals surface area contributed by atoms with Gasteiger partial charge in [0.2, 0.25) is 0 Å². The van der Waals surface area contributed by atoms with Crippen molar-refractivity contribution in [3.05, 3.63) is 105 Å². The van der Waals surface area contributed by atoms with Crippen molar-refractivity contribution in [2.24, 2.45) is 0 Å². The number of ether oxygens (including phenoxy) is 1. The molecule has 0 saturated carbocycles. The van der Waals surface area contributed by atoms with E-state index in [0.29, 0.717) is 35.2 Å². The molecular weight excluding hydrogens is 442 g/mol. The van der Waals surface area contributed by atoms with Crippen molar-refractivity contribution in [3.8, 4) is 5.75 Å². The van der Waals surface area contributed by atoms with Gasteiger partial charge >= 0.3 is 0 Å². The van der Waals surface area contributed by atoms with E-state index in [-0.39, 0.29) is 10.8 Å². The van der Waals surface area contributed by atoms with Gasteiger partial charge in [-0.3, -0.25) is 19.8 Å². The van der Waals surface area contributed by atoms with Crippen LogP contribution in [0.5, 0.6) is 5.75 Å². The van der Waals surface area contributed by atoms with Gasteiger partial charge in [0, 0.05) is 33.3 Å². The SMILES string of the molecule is CN1C[C@H](c2ccc(OCc3ccccc3Cl)cc2)[C@@H]([N+](=O)[O-])[C@]12C(=O)Nc1ccccc12. The summed E-state index contributed by atoms with van der Waals surface area (Å²) in [5, 5.41) is 15.9. The minimum atomic E-state index is -1.34. The summed E-state index contributed by atoms with van der Waals surface area (Å²) in [6.45, 7) is 0.704. The number of amides is 1. The Morgan fingerprint density at radius 3 is 2.55 bits per heavy atom. The summed E-state index contributed by atoms with van der Waals surface area (Å²) in [4.78, 5) is 27.0. The number of likely N-dealkylation sites (tertiary alicyclic amines) is 1. The van der Waals surface area contributed by atoms with Crippen LogP contribution in [0.4, 0.5) is 5.69 Å². The molecule has 1 spiro atoms. The molecule has 0 aromatic heterocycles. The summed E-state index contributed by atoms with van der Waals surface area (Å²) in [5.41, 5.74) is 1.61. The first-order valence-corrected chi connectivity index (χ1v) is 11.0. The lowest BCUT2D eigenvalue weighted by Gasteiger charge is -2.30. The van der Waals surface area contributed by atoms with Crippen LogP contribution in [-0.2, 0) is 16.9 Å². The van der Waals surface area contributed by atoms with Crippen LogP contribution in [0, 0.1) is 10.1 Å². The van der Waals surface area contributed by atoms with Gasteiger partial charge in [0.1, 0.15) is 12.4 Å². The van der Waals surface area contributed by atoms with Crippen molar-refractivity contribution in [2.45, 2.75) is 24.1 Å². The van der Waals surface area contributed by atoms with Crippen molar-refractivity contribution in [3.63, 3.8) is 0 Å². The van der Waals surface area contributed by atoms with E-state index >= 15 is 0 Å². The van der Waals surface area contributed by atoms with E-state index in [1.165, 1.54) is 0 Å². The number of hydrogen-bond donors (Lipinski definition) is 1. The minimum Gasteiger partial charge on any atom is -0.489 e. The highest BCUT2D eigenvalue weighted by Crippen LogP contribution is 2.51. The number of carbonyl (C=O) groups excluding carboxylic acids is 1. The van der Waals surface area contributed by atoms with Crippen LogP contribution in [0.25, 0.3) is 0 Å². The molecule has 1 amide bonds. The lowest BCUT2D eigenvalue weighted by Crippen LogP contribution is -2.54. The summed E-state index contributed by atoms with van der Waals surface area (Å²) >= 11 is 6.19. The first-order valence-electron chi connectivity index (χ1n) is 10.6. The molecule has 0 aliphatic carbocycles. The Hall–Kier alpha value is -3.42. The number of benzene rings is 3. The molecule has 1 N–H and O–H groups in total. The van der Waals surface area contributed by atoms with Crippen LogP contribution in [0.1, 0.15) is 22.6 Å². The lowest BCUT2D eigenvalue weighted by molar-refractivity contribution is -0.534. The van der Waals surface area contributed by atoms with Gasteiger partial charge in [-0.1, -0.05) is 60.1 Å². The van der Waals surface area contributed by atoms with Gasteiger partial charge in [-0.15, -0.1) is 0 Å². The van der Waals surface area contributed by atoms with E-state index in [0.717, 1.165) is 11.1 Å². The molecule has 1 fully saturated rings. The third-order valence-corrected chi connectivity index (χ3v) is 7.07. The van der Waals surface area contributed by atoms with Crippen LogP contribution < -0.4 is 10.1 Å². The highest BCUT2D eigenvalue weighted by Gasteiger charge is 2.68. The summed E-state index contributed by atoms with van der Waals surface area (Å²) in [7, 11) is 1.78. The van der Waals surface area contributed by atoms with Gasteiger partial charge in [-0.25, -0.2) is 0 Å². The second-order valence-electron chi connectivity index (χ2n) is 8.43. The third-order valence-electron chi connectivity index (χ3n) is 6.70. The van der Waals surface area contributed by atoms with Gasteiger partial charge < -0.3 is 10.1 Å². The predicted octanol–water partition coefficient (Wildman–Crippen LogP) is 4.44. The summed E-state index contributed by atoms with van der Waals surface area (Å²) in [5.74, 6) is -0.170. The van der Waals surface area contributed by atoms with Crippen LogP contribution in [-0.4, -0.2) is 35.4 Å². The number of nitro groups is 1. The Bertz CT molecular complexity index is 1230. The largest absolute Gasteiger partial charge is 0.489 e. The maximum Gasteiger partial charge on any atom is 0.256 e. The molecule has 2 heterocycles. The molecule has 1 saturated heterocycles. The van der Waals surface area contributed by atoms with Crippen LogP contribution in [0.2, 0.25) is 5.02 Å². The smallest absolute Gasteiger partial charge is 0.256 e.